The summed E-state index contributed by atoms with van der Waals surface area (Å²) < 4.78 is 12.7. The Morgan fingerprint density at radius 3 is 2.50 bits per heavy atom. The first kappa shape index (κ1) is 27.4. The van der Waals surface area contributed by atoms with Crippen molar-refractivity contribution in [1.29, 1.82) is 0 Å². The van der Waals surface area contributed by atoms with E-state index in [1.165, 1.54) is 3.27 Å². The van der Waals surface area contributed by atoms with Crippen LogP contribution < -0.4 is 19.5 Å². The Kier molecular flexibility index (Phi) is 10.6. The summed E-state index contributed by atoms with van der Waals surface area (Å²) in [6.07, 6.45) is 1.80. The van der Waals surface area contributed by atoms with E-state index in [0.29, 0.717) is 24.5 Å². The van der Waals surface area contributed by atoms with Gasteiger partial charge in [0.05, 0.1) is 0 Å². The quantitative estimate of drug-likeness (QED) is 0.122. The maximum atomic E-state index is 12.3. The van der Waals surface area contributed by atoms with Gasteiger partial charge in [-0.15, -0.1) is 0 Å². The van der Waals surface area contributed by atoms with Crippen molar-refractivity contribution in [1.82, 2.24) is 4.90 Å². The number of hydrogen-bond acceptors (Lipinski definition) is 7. The molecule has 0 bridgehead atoms. The Morgan fingerprint density at radius 1 is 1.18 bits per heavy atom. The topological polar surface area (TPSA) is 133 Å². The number of hydrogen-bond donors (Lipinski definition) is 2. The van der Waals surface area contributed by atoms with Crippen LogP contribution in [-0.4, -0.2) is 48.0 Å². The Balaban J connectivity index is 2.30. The summed E-state index contributed by atoms with van der Waals surface area (Å²) in [5, 5.41) is 7.46. The molecule has 182 valence electrons. The minimum absolute atomic E-state index is 0.0362. The van der Waals surface area contributed by atoms with Gasteiger partial charge in [-0.3, -0.25) is 4.79 Å². The Morgan fingerprint density at radius 2 is 1.88 bits per heavy atom. The summed E-state index contributed by atoms with van der Waals surface area (Å²) >= 11 is 1.60. The van der Waals surface area contributed by atoms with Crippen molar-refractivity contribution in [2.45, 2.75) is 39.5 Å². The van der Waals surface area contributed by atoms with Crippen LogP contribution in [0.4, 0.5) is 0 Å². The molecule has 0 fully saturated rings. The second kappa shape index (κ2) is 13.2. The standard InChI is InChI=1S/C24H30AtN5O4/c1-24(2,3)34-22(32)14-30(10-11-31)13-19-7-6-18(23(27)29-28-16-26)12-21(19)33-15-17-4-8-20(25)9-5-17/h4-9,11-12,16H,10,13-15H2,1-3H3,(H2,26,28)(H2,27,29). The van der Waals surface area contributed by atoms with Gasteiger partial charge in [-0.25, -0.2) is 0 Å². The molecule has 0 atom stereocenters. The van der Waals surface area contributed by atoms with Gasteiger partial charge in [-0.05, 0) is 20.8 Å². The molecule has 2 aromatic carbocycles. The molecule has 2 rings (SSSR count). The number of amidine groups is 1. The van der Waals surface area contributed by atoms with Gasteiger partial charge in [0.25, 0.3) is 0 Å². The van der Waals surface area contributed by atoms with Crippen LogP contribution >= 0.6 is 0 Å². The summed E-state index contributed by atoms with van der Waals surface area (Å²) in [5.41, 5.74) is 13.0. The van der Waals surface area contributed by atoms with Crippen molar-refractivity contribution in [2.24, 2.45) is 21.7 Å². The molecule has 0 saturated heterocycles. The zero-order valence-corrected chi connectivity index (χ0v) is 22.5. The molecule has 0 aliphatic heterocycles. The Bertz CT molecular complexity index is 1030. The summed E-state index contributed by atoms with van der Waals surface area (Å²) in [6, 6.07) is 13.4. The number of rotatable bonds is 11. The normalized spacial score (nSPS) is 12.2. The minimum atomic E-state index is -0.613. The molecule has 4 N–H and O–H groups in total. The molecule has 0 heterocycles. The number of benzene rings is 2. The Hall–Kier alpha value is -2.84. The molecular weight excluding hydrogens is 632 g/mol. The maximum absolute atomic E-state index is 12.3. The third-order valence-electron chi connectivity index (χ3n) is 4.40. The number of carbonyl (C=O) groups excluding carboxylic acids is 2. The molecule has 0 radical (unpaired) electrons. The van der Waals surface area contributed by atoms with Gasteiger partial charge >= 0.3 is 163 Å². The first-order valence-corrected chi connectivity index (χ1v) is 12.0. The van der Waals surface area contributed by atoms with Crippen LogP contribution in [0, 0.1) is 24.7 Å². The average Bonchev–Trinajstić information content (AvgIpc) is 2.76. The first-order chi connectivity index (χ1) is 16.1. The fourth-order valence-electron chi connectivity index (χ4n) is 2.96. The van der Waals surface area contributed by atoms with Crippen molar-refractivity contribution in [3.8, 4) is 5.75 Å². The third kappa shape index (κ3) is 9.57. The molecule has 10 heteroatoms. The molecule has 34 heavy (non-hydrogen) atoms. The molecular formula is C24H30AtN5O4. The summed E-state index contributed by atoms with van der Waals surface area (Å²) in [4.78, 5) is 25.3. The molecule has 0 aliphatic carbocycles. The number of carbonyl (C=O) groups is 2. The first-order valence-electron chi connectivity index (χ1n) is 10.6. The number of aldehydes is 1. The van der Waals surface area contributed by atoms with E-state index in [1.54, 1.807) is 62.5 Å². The predicted octanol–water partition coefficient (Wildman–Crippen LogP) is 1.39. The summed E-state index contributed by atoms with van der Waals surface area (Å²) in [5.74, 6) is 0.316. The monoisotopic (exact) mass is 662 g/mol. The summed E-state index contributed by atoms with van der Waals surface area (Å²) in [6.45, 7) is 6.05. The van der Waals surface area contributed by atoms with Crippen molar-refractivity contribution in [3.05, 3.63) is 59.2 Å². The van der Waals surface area contributed by atoms with E-state index in [-0.39, 0.29) is 18.9 Å². The number of esters is 1. The molecule has 0 saturated carbocycles. The van der Waals surface area contributed by atoms with E-state index in [9.17, 15) is 9.59 Å². The van der Waals surface area contributed by atoms with Gasteiger partial charge in [0.1, 0.15) is 11.9 Å². The molecule has 9 nitrogen and oxygen atoms in total. The molecule has 0 aromatic heterocycles. The van der Waals surface area contributed by atoms with Crippen LogP contribution in [-0.2, 0) is 27.5 Å². The summed E-state index contributed by atoms with van der Waals surface area (Å²) in [7, 11) is 0. The number of nitrogens with two attached hydrogens (primary N) is 2. The van der Waals surface area contributed by atoms with Crippen molar-refractivity contribution in [2.75, 3.05) is 13.1 Å². The second-order valence-corrected chi connectivity index (χ2v) is 10.1. The zero-order valence-electron chi connectivity index (χ0n) is 19.5. The average molecular weight is 663 g/mol. The molecule has 0 spiro atoms. The van der Waals surface area contributed by atoms with Crippen LogP contribution in [0.1, 0.15) is 37.5 Å². The van der Waals surface area contributed by atoms with Gasteiger partial charge < -0.3 is 15.3 Å². The van der Waals surface area contributed by atoms with Gasteiger partial charge in [0.15, 0.2) is 0 Å². The fourth-order valence-corrected chi connectivity index (χ4v) is 3.45. The van der Waals surface area contributed by atoms with E-state index in [0.717, 1.165) is 23.8 Å². The van der Waals surface area contributed by atoms with Crippen molar-refractivity contribution in [3.63, 3.8) is 0 Å². The van der Waals surface area contributed by atoms with Gasteiger partial charge in [-0.2, -0.15) is 0 Å². The molecule has 0 aliphatic rings. The second-order valence-electron chi connectivity index (χ2n) is 8.41. The van der Waals surface area contributed by atoms with E-state index < -0.39 is 11.6 Å². The van der Waals surface area contributed by atoms with Crippen molar-refractivity contribution < 1.29 is 43.8 Å². The van der Waals surface area contributed by atoms with E-state index >= 15 is 0 Å². The van der Waals surface area contributed by atoms with Crippen LogP contribution in [0.3, 0.4) is 0 Å². The Labute approximate surface area is 215 Å². The molecule has 0 unspecified atom stereocenters. The molecule has 2 aromatic rings. The van der Waals surface area contributed by atoms with Gasteiger partial charge in [0.2, 0.25) is 0 Å². The molecule has 0 amide bonds. The number of ether oxygens (including phenoxy) is 2. The SMILES string of the molecule is CC(C)(C)OC(=O)CN(CC=O)Cc1ccc(/C(N)=N/N=C\N)cc1OCc1ccc([At])cc1. The van der Waals surface area contributed by atoms with Crippen LogP contribution in [0.2, 0.25) is 0 Å². The third-order valence-corrected chi connectivity index (χ3v) is 5.38. The van der Waals surface area contributed by atoms with Crippen LogP contribution in [0.25, 0.3) is 0 Å². The van der Waals surface area contributed by atoms with Crippen LogP contribution in [0.15, 0.2) is 52.7 Å². The van der Waals surface area contributed by atoms with E-state index in [1.807, 2.05) is 30.3 Å². The van der Waals surface area contributed by atoms with Gasteiger partial charge in [0, 0.05) is 0 Å². The van der Waals surface area contributed by atoms with Crippen LogP contribution in [0.5, 0.6) is 5.75 Å². The predicted molar refractivity (Wildman–Crippen MR) is 127 cm³/mol. The fraction of sp³-hybridized carbons (Fsp3) is 0.333. The van der Waals surface area contributed by atoms with Crippen molar-refractivity contribution >= 4 is 27.7 Å². The van der Waals surface area contributed by atoms with Gasteiger partial charge in [-0.1, -0.05) is 0 Å². The number of nitrogens with zero attached hydrogens (tertiary/aromatic N) is 3. The zero-order chi connectivity index (χ0) is 25.1. The van der Waals surface area contributed by atoms with E-state index in [2.05, 4.69) is 10.2 Å². The van der Waals surface area contributed by atoms with E-state index in [4.69, 9.17) is 20.9 Å².